The summed E-state index contributed by atoms with van der Waals surface area (Å²) >= 11 is 0. The summed E-state index contributed by atoms with van der Waals surface area (Å²) in [7, 11) is 0. The van der Waals surface area contributed by atoms with Crippen LogP contribution in [0.1, 0.15) is 25.7 Å². The van der Waals surface area contributed by atoms with E-state index in [-0.39, 0.29) is 24.4 Å². The van der Waals surface area contributed by atoms with Gasteiger partial charge in [0.2, 0.25) is 0 Å². The zero-order valence-electron chi connectivity index (χ0n) is 8.83. The monoisotopic (exact) mass is 234 g/mol. The van der Waals surface area contributed by atoms with Crippen molar-refractivity contribution in [2.24, 2.45) is 0 Å². The lowest BCUT2D eigenvalue weighted by Crippen LogP contribution is -2.49. The zero-order chi connectivity index (χ0) is 9.80. The number of carbonyl (C=O) groups excluding carboxylic acids is 1. The van der Waals surface area contributed by atoms with Crippen molar-refractivity contribution in [3.05, 3.63) is 0 Å². The maximum Gasteiger partial charge on any atom is 0.250 e. The van der Waals surface area contributed by atoms with E-state index in [9.17, 15) is 4.79 Å². The second kappa shape index (κ2) is 6.30. The van der Waals surface area contributed by atoms with Crippen LogP contribution in [-0.2, 0) is 9.53 Å². The Kier molecular flexibility index (Phi) is 5.36. The van der Waals surface area contributed by atoms with E-state index in [4.69, 9.17) is 4.74 Å². The molecule has 88 valence electrons. The molecule has 2 aliphatic rings. The van der Waals surface area contributed by atoms with Crippen LogP contribution in [0.5, 0.6) is 0 Å². The lowest BCUT2D eigenvalue weighted by Gasteiger charge is -2.24. The highest BCUT2D eigenvalue weighted by atomic mass is 35.5. The van der Waals surface area contributed by atoms with E-state index in [0.717, 1.165) is 19.4 Å². The van der Waals surface area contributed by atoms with Crippen molar-refractivity contribution in [3.8, 4) is 0 Å². The second-order valence-corrected chi connectivity index (χ2v) is 4.05. The Morgan fingerprint density at radius 3 is 2.67 bits per heavy atom. The van der Waals surface area contributed by atoms with E-state index in [1.165, 1.54) is 12.8 Å². The summed E-state index contributed by atoms with van der Waals surface area (Å²) in [4.78, 5) is 11.7. The van der Waals surface area contributed by atoms with Crippen LogP contribution in [0.4, 0.5) is 0 Å². The van der Waals surface area contributed by atoms with Gasteiger partial charge < -0.3 is 15.4 Å². The predicted octanol–water partition coefficient (Wildman–Crippen LogP) is 0.455. The van der Waals surface area contributed by atoms with Crippen molar-refractivity contribution in [1.82, 2.24) is 10.6 Å². The van der Waals surface area contributed by atoms with Crippen molar-refractivity contribution in [2.75, 3.05) is 19.7 Å². The molecule has 5 heteroatoms. The molecule has 1 saturated heterocycles. The van der Waals surface area contributed by atoms with Gasteiger partial charge in [-0.25, -0.2) is 0 Å². The van der Waals surface area contributed by atoms with Crippen LogP contribution < -0.4 is 10.6 Å². The van der Waals surface area contributed by atoms with Crippen molar-refractivity contribution in [3.63, 3.8) is 0 Å². The zero-order valence-corrected chi connectivity index (χ0v) is 9.65. The van der Waals surface area contributed by atoms with Gasteiger partial charge in [0.15, 0.2) is 0 Å². The fourth-order valence-electron chi connectivity index (χ4n) is 2.10. The van der Waals surface area contributed by atoms with E-state index < -0.39 is 0 Å². The molecule has 4 nitrogen and oxygen atoms in total. The van der Waals surface area contributed by atoms with Gasteiger partial charge in [-0.2, -0.15) is 0 Å². The Labute approximate surface area is 96.5 Å². The summed E-state index contributed by atoms with van der Waals surface area (Å²) in [6, 6.07) is 0.396. The molecular formula is C10H19ClN2O2. The minimum absolute atomic E-state index is 0. The third-order valence-corrected chi connectivity index (χ3v) is 2.92. The van der Waals surface area contributed by atoms with Crippen LogP contribution in [0.25, 0.3) is 0 Å². The van der Waals surface area contributed by atoms with E-state index in [1.54, 1.807) is 0 Å². The van der Waals surface area contributed by atoms with Crippen LogP contribution in [0, 0.1) is 0 Å². The van der Waals surface area contributed by atoms with Crippen molar-refractivity contribution < 1.29 is 9.53 Å². The second-order valence-electron chi connectivity index (χ2n) is 4.05. The molecule has 0 aromatic heterocycles. The van der Waals surface area contributed by atoms with E-state index >= 15 is 0 Å². The van der Waals surface area contributed by atoms with Crippen molar-refractivity contribution >= 4 is 18.3 Å². The smallest absolute Gasteiger partial charge is 0.250 e. The normalized spacial score (nSPS) is 27.1. The fourth-order valence-corrected chi connectivity index (χ4v) is 2.10. The van der Waals surface area contributed by atoms with Gasteiger partial charge in [-0.05, 0) is 12.8 Å². The number of rotatable bonds is 2. The maximum atomic E-state index is 11.7. The molecule has 0 spiro atoms. The van der Waals surface area contributed by atoms with Crippen LogP contribution >= 0.6 is 12.4 Å². The minimum atomic E-state index is -0.274. The molecule has 0 bridgehead atoms. The molecule has 1 atom stereocenters. The molecule has 1 heterocycles. The van der Waals surface area contributed by atoms with Gasteiger partial charge in [0.25, 0.3) is 5.91 Å². The number of amides is 1. The average Bonchev–Trinajstić information content (AvgIpc) is 2.72. The van der Waals surface area contributed by atoms with Crippen molar-refractivity contribution in [1.29, 1.82) is 0 Å². The molecule has 1 amide bonds. The topological polar surface area (TPSA) is 50.4 Å². The summed E-state index contributed by atoms with van der Waals surface area (Å²) in [6.07, 6.45) is 4.48. The van der Waals surface area contributed by atoms with Gasteiger partial charge >= 0.3 is 0 Å². The van der Waals surface area contributed by atoms with E-state index in [1.807, 2.05) is 0 Å². The lowest BCUT2D eigenvalue weighted by atomic mass is 10.2. The molecule has 1 unspecified atom stereocenters. The Bertz CT molecular complexity index is 202. The largest absolute Gasteiger partial charge is 0.366 e. The Balaban J connectivity index is 0.00000112. The van der Waals surface area contributed by atoms with E-state index in [2.05, 4.69) is 10.6 Å². The number of hydrogen-bond donors (Lipinski definition) is 2. The predicted molar refractivity (Wildman–Crippen MR) is 60.3 cm³/mol. The number of carbonyl (C=O) groups is 1. The molecule has 15 heavy (non-hydrogen) atoms. The maximum absolute atomic E-state index is 11.7. The third kappa shape index (κ3) is 3.63. The molecule has 0 radical (unpaired) electrons. The highest BCUT2D eigenvalue weighted by Gasteiger charge is 2.25. The van der Waals surface area contributed by atoms with Gasteiger partial charge in [-0.15, -0.1) is 12.4 Å². The quantitative estimate of drug-likeness (QED) is 0.730. The first-order valence-electron chi connectivity index (χ1n) is 5.49. The first kappa shape index (κ1) is 12.7. The summed E-state index contributed by atoms with van der Waals surface area (Å²) in [5.41, 5.74) is 0. The van der Waals surface area contributed by atoms with Gasteiger partial charge in [-0.3, -0.25) is 4.79 Å². The molecule has 1 saturated carbocycles. The number of morpholine rings is 1. The van der Waals surface area contributed by atoms with Crippen molar-refractivity contribution in [2.45, 2.75) is 37.8 Å². The number of hydrogen-bond acceptors (Lipinski definition) is 3. The van der Waals surface area contributed by atoms with E-state index in [0.29, 0.717) is 19.2 Å². The standard InChI is InChI=1S/C10H18N2O2.ClH/c13-10(9-7-11-5-6-14-9)12-8-3-1-2-4-8;/h8-9,11H,1-7H2,(H,12,13);1H. The molecule has 1 aliphatic carbocycles. The third-order valence-electron chi connectivity index (χ3n) is 2.92. The van der Waals surface area contributed by atoms with Gasteiger partial charge in [0, 0.05) is 19.1 Å². The summed E-state index contributed by atoms with van der Waals surface area (Å²) < 4.78 is 5.38. The summed E-state index contributed by atoms with van der Waals surface area (Å²) in [5.74, 6) is 0.0594. The van der Waals surface area contributed by atoms with Gasteiger partial charge in [0.05, 0.1) is 6.61 Å². The first-order chi connectivity index (χ1) is 6.86. The summed E-state index contributed by atoms with van der Waals surface area (Å²) in [5, 5.41) is 6.20. The first-order valence-corrected chi connectivity index (χ1v) is 5.49. The number of nitrogens with one attached hydrogen (secondary N) is 2. The molecule has 1 aliphatic heterocycles. The minimum Gasteiger partial charge on any atom is -0.366 e. The highest BCUT2D eigenvalue weighted by molar-refractivity contribution is 5.85. The lowest BCUT2D eigenvalue weighted by molar-refractivity contribution is -0.134. The SMILES string of the molecule is Cl.O=C(NC1CCCC1)C1CNCCO1. The fraction of sp³-hybridized carbons (Fsp3) is 0.900. The van der Waals surface area contributed by atoms with Crippen LogP contribution in [0.15, 0.2) is 0 Å². The van der Waals surface area contributed by atoms with Gasteiger partial charge in [-0.1, -0.05) is 12.8 Å². The Morgan fingerprint density at radius 1 is 1.33 bits per heavy atom. The molecule has 2 rings (SSSR count). The average molecular weight is 235 g/mol. The van der Waals surface area contributed by atoms with Gasteiger partial charge in [0.1, 0.15) is 6.10 Å². The van der Waals surface area contributed by atoms with Crippen LogP contribution in [0.3, 0.4) is 0 Å². The summed E-state index contributed by atoms with van der Waals surface area (Å²) in [6.45, 7) is 2.15. The molecule has 0 aromatic carbocycles. The Hall–Kier alpha value is -0.320. The number of halogens is 1. The van der Waals surface area contributed by atoms with Crippen LogP contribution in [0.2, 0.25) is 0 Å². The Morgan fingerprint density at radius 2 is 2.07 bits per heavy atom. The number of ether oxygens (including phenoxy) is 1. The molecule has 2 N–H and O–H groups in total. The van der Waals surface area contributed by atoms with Crippen LogP contribution in [-0.4, -0.2) is 37.7 Å². The molecular weight excluding hydrogens is 216 g/mol. The molecule has 2 fully saturated rings. The molecule has 0 aromatic rings. The highest BCUT2D eigenvalue weighted by Crippen LogP contribution is 2.17.